The third-order valence-electron chi connectivity index (χ3n) is 2.49. The summed E-state index contributed by atoms with van der Waals surface area (Å²) in [4.78, 5) is 10.2. The van der Waals surface area contributed by atoms with Crippen LogP contribution in [0.1, 0.15) is 22.3 Å². The number of hydrogen-bond acceptors (Lipinski definition) is 1. The molecule has 82 valence electrons. The van der Waals surface area contributed by atoms with Crippen LogP contribution in [0.4, 0.5) is 0 Å². The molecule has 0 saturated heterocycles. The normalized spacial score (nSPS) is 12.5. The van der Waals surface area contributed by atoms with Crippen LogP contribution in [0.25, 0.3) is 0 Å². The topological polar surface area (TPSA) is 37.3 Å². The van der Waals surface area contributed by atoms with Crippen LogP contribution in [0, 0.1) is 20.8 Å². The van der Waals surface area contributed by atoms with Gasteiger partial charge in [-0.05, 0) is 43.9 Å². The monoisotopic (exact) mass is 270 g/mol. The Labute approximate surface area is 98.4 Å². The van der Waals surface area contributed by atoms with Crippen LogP contribution in [0.3, 0.4) is 0 Å². The molecular weight excluding hydrogens is 256 g/mol. The molecule has 0 radical (unpaired) electrons. The summed E-state index contributed by atoms with van der Waals surface area (Å²) in [5.41, 5.74) is 4.68. The van der Waals surface area contributed by atoms with Crippen molar-refractivity contribution in [3.8, 4) is 0 Å². The zero-order valence-electron chi connectivity index (χ0n) is 9.17. The summed E-state index contributed by atoms with van der Waals surface area (Å²) in [6.07, 6.45) is 0.535. The van der Waals surface area contributed by atoms with Gasteiger partial charge < -0.3 is 5.11 Å². The number of benzene rings is 1. The minimum absolute atomic E-state index is 0.502. The van der Waals surface area contributed by atoms with Gasteiger partial charge in [-0.2, -0.15) is 0 Å². The molecule has 1 atom stereocenters. The van der Waals surface area contributed by atoms with Crippen molar-refractivity contribution in [2.45, 2.75) is 32.0 Å². The van der Waals surface area contributed by atoms with Gasteiger partial charge in [0.25, 0.3) is 0 Å². The second kappa shape index (κ2) is 4.79. The predicted octanol–water partition coefficient (Wildman–Crippen LogP) is 3.00. The highest BCUT2D eigenvalue weighted by Crippen LogP contribution is 2.20. The Morgan fingerprint density at radius 1 is 1.33 bits per heavy atom. The van der Waals surface area contributed by atoms with Gasteiger partial charge in [-0.3, -0.25) is 4.79 Å². The fourth-order valence-electron chi connectivity index (χ4n) is 1.80. The molecule has 0 aliphatic heterocycles. The van der Waals surface area contributed by atoms with E-state index in [9.17, 15) is 4.79 Å². The minimum Gasteiger partial charge on any atom is -0.480 e. The highest BCUT2D eigenvalue weighted by molar-refractivity contribution is 9.10. The van der Waals surface area contributed by atoms with Gasteiger partial charge in [0.15, 0.2) is 0 Å². The van der Waals surface area contributed by atoms with Crippen LogP contribution in [0.2, 0.25) is 0 Å². The van der Waals surface area contributed by atoms with Gasteiger partial charge in [0.1, 0.15) is 4.83 Å². The molecule has 1 aromatic rings. The summed E-state index contributed by atoms with van der Waals surface area (Å²) in [6.45, 7) is 6.10. The van der Waals surface area contributed by atoms with Crippen molar-refractivity contribution in [1.29, 1.82) is 0 Å². The summed E-state index contributed by atoms with van der Waals surface area (Å²) >= 11 is 3.17. The second-order valence-corrected chi connectivity index (χ2v) is 4.99. The molecule has 0 fully saturated rings. The van der Waals surface area contributed by atoms with Crippen LogP contribution in [0.15, 0.2) is 12.1 Å². The number of aryl methyl sites for hydroxylation is 3. The summed E-state index contributed by atoms with van der Waals surface area (Å²) in [5.74, 6) is -0.811. The van der Waals surface area contributed by atoms with E-state index < -0.39 is 10.8 Å². The number of carbonyl (C=O) groups is 1. The van der Waals surface area contributed by atoms with E-state index in [-0.39, 0.29) is 0 Å². The molecule has 0 bridgehead atoms. The average Bonchev–Trinajstić information content (AvgIpc) is 2.10. The Morgan fingerprint density at radius 2 is 1.80 bits per heavy atom. The smallest absolute Gasteiger partial charge is 0.317 e. The lowest BCUT2D eigenvalue weighted by Gasteiger charge is -2.12. The third-order valence-corrected chi connectivity index (χ3v) is 3.21. The molecule has 1 aromatic carbocycles. The van der Waals surface area contributed by atoms with Crippen LogP contribution in [-0.4, -0.2) is 15.9 Å². The van der Waals surface area contributed by atoms with Crippen molar-refractivity contribution in [2.75, 3.05) is 0 Å². The first-order valence-electron chi connectivity index (χ1n) is 4.85. The number of carboxylic acids is 1. The molecule has 0 saturated carbocycles. The molecule has 0 aromatic heterocycles. The maximum atomic E-state index is 10.7. The first kappa shape index (κ1) is 12.2. The van der Waals surface area contributed by atoms with Gasteiger partial charge in [-0.1, -0.05) is 33.6 Å². The van der Waals surface area contributed by atoms with Crippen LogP contribution in [0.5, 0.6) is 0 Å². The maximum absolute atomic E-state index is 10.7. The van der Waals surface area contributed by atoms with Crippen LogP contribution >= 0.6 is 15.9 Å². The van der Waals surface area contributed by atoms with Crippen molar-refractivity contribution in [1.82, 2.24) is 0 Å². The zero-order valence-corrected chi connectivity index (χ0v) is 10.8. The summed E-state index contributed by atoms with van der Waals surface area (Å²) in [7, 11) is 0. The van der Waals surface area contributed by atoms with Crippen molar-refractivity contribution >= 4 is 21.9 Å². The molecule has 0 spiro atoms. The lowest BCUT2D eigenvalue weighted by molar-refractivity contribution is -0.136. The van der Waals surface area contributed by atoms with Gasteiger partial charge in [-0.25, -0.2) is 0 Å². The van der Waals surface area contributed by atoms with E-state index in [1.165, 1.54) is 16.7 Å². The Kier molecular flexibility index (Phi) is 3.91. The third kappa shape index (κ3) is 3.06. The van der Waals surface area contributed by atoms with Crippen molar-refractivity contribution in [3.05, 3.63) is 34.4 Å². The van der Waals surface area contributed by atoms with E-state index in [0.717, 1.165) is 5.56 Å². The van der Waals surface area contributed by atoms with Gasteiger partial charge in [0, 0.05) is 0 Å². The maximum Gasteiger partial charge on any atom is 0.317 e. The second-order valence-electron chi connectivity index (χ2n) is 3.89. The van der Waals surface area contributed by atoms with E-state index in [2.05, 4.69) is 28.1 Å². The van der Waals surface area contributed by atoms with Crippen molar-refractivity contribution in [3.63, 3.8) is 0 Å². The fourth-order valence-corrected chi connectivity index (χ4v) is 2.12. The Bertz CT molecular complexity index is 362. The van der Waals surface area contributed by atoms with Crippen molar-refractivity contribution < 1.29 is 9.90 Å². The number of halogens is 1. The van der Waals surface area contributed by atoms with E-state index in [0.29, 0.717) is 6.42 Å². The highest BCUT2D eigenvalue weighted by atomic mass is 79.9. The number of aliphatic carboxylic acids is 1. The number of alkyl halides is 1. The number of hydrogen-bond donors (Lipinski definition) is 1. The van der Waals surface area contributed by atoms with Crippen LogP contribution < -0.4 is 0 Å². The first-order chi connectivity index (χ1) is 6.91. The molecule has 15 heavy (non-hydrogen) atoms. The SMILES string of the molecule is Cc1cc(C)c(C[C@H](Br)C(=O)O)c(C)c1. The average molecular weight is 271 g/mol. The van der Waals surface area contributed by atoms with Gasteiger partial charge in [0.05, 0.1) is 0 Å². The lowest BCUT2D eigenvalue weighted by Crippen LogP contribution is -2.16. The summed E-state index contributed by atoms with van der Waals surface area (Å²) in [6, 6.07) is 4.17. The van der Waals surface area contributed by atoms with Crippen LogP contribution in [-0.2, 0) is 11.2 Å². The molecule has 0 heterocycles. The zero-order chi connectivity index (χ0) is 11.6. The molecule has 0 aliphatic rings. The quantitative estimate of drug-likeness (QED) is 0.858. The lowest BCUT2D eigenvalue weighted by atomic mass is 9.96. The molecule has 0 aliphatic carbocycles. The summed E-state index contributed by atoms with van der Waals surface area (Å²) in [5, 5.41) is 8.83. The van der Waals surface area contributed by atoms with E-state index in [4.69, 9.17) is 5.11 Å². The van der Waals surface area contributed by atoms with Gasteiger partial charge >= 0.3 is 5.97 Å². The molecule has 2 nitrogen and oxygen atoms in total. The molecule has 0 unspecified atom stereocenters. The largest absolute Gasteiger partial charge is 0.480 e. The minimum atomic E-state index is -0.811. The predicted molar refractivity (Wildman–Crippen MR) is 64.7 cm³/mol. The van der Waals surface area contributed by atoms with E-state index in [1.807, 2.05) is 20.8 Å². The molecular formula is C12H15BrO2. The standard InChI is InChI=1S/C12H15BrO2/c1-7-4-8(2)10(9(3)5-7)6-11(13)12(14)15/h4-5,11H,6H2,1-3H3,(H,14,15)/t11-/m0/s1. The molecule has 3 heteroatoms. The van der Waals surface area contributed by atoms with Gasteiger partial charge in [-0.15, -0.1) is 0 Å². The van der Waals surface area contributed by atoms with E-state index >= 15 is 0 Å². The Hall–Kier alpha value is -0.830. The Morgan fingerprint density at radius 3 is 2.20 bits per heavy atom. The fraction of sp³-hybridized carbons (Fsp3) is 0.417. The number of rotatable bonds is 3. The Balaban J connectivity index is 3.00. The highest BCUT2D eigenvalue weighted by Gasteiger charge is 2.16. The van der Waals surface area contributed by atoms with E-state index in [1.54, 1.807) is 0 Å². The molecule has 0 amide bonds. The van der Waals surface area contributed by atoms with Gasteiger partial charge in [0.2, 0.25) is 0 Å². The van der Waals surface area contributed by atoms with Crippen molar-refractivity contribution in [2.24, 2.45) is 0 Å². The molecule has 1 rings (SSSR count). The summed E-state index contributed by atoms with van der Waals surface area (Å²) < 4.78 is 0. The number of carboxylic acid groups (broad SMARTS) is 1. The molecule has 1 N–H and O–H groups in total. The first-order valence-corrected chi connectivity index (χ1v) is 5.77.